The summed E-state index contributed by atoms with van der Waals surface area (Å²) in [7, 11) is 1.66. The lowest BCUT2D eigenvalue weighted by Crippen LogP contribution is -2.34. The zero-order chi connectivity index (χ0) is 19.4. The van der Waals surface area contributed by atoms with E-state index in [1.54, 1.807) is 17.8 Å². The van der Waals surface area contributed by atoms with Crippen LogP contribution in [0.1, 0.15) is 43.0 Å². The first-order chi connectivity index (χ1) is 13.0. The number of ketones is 1. The van der Waals surface area contributed by atoms with Crippen molar-refractivity contribution in [1.29, 1.82) is 0 Å². The first-order valence-corrected chi connectivity index (χ1v) is 9.68. The zero-order valence-electron chi connectivity index (χ0n) is 16.1. The molecule has 6 heteroatoms. The molecule has 144 valence electrons. The summed E-state index contributed by atoms with van der Waals surface area (Å²) >= 11 is 0. The maximum absolute atomic E-state index is 12.8. The molecule has 27 heavy (non-hydrogen) atoms. The fourth-order valence-corrected chi connectivity index (χ4v) is 3.56. The van der Waals surface area contributed by atoms with Crippen LogP contribution in [0.2, 0.25) is 0 Å². The highest BCUT2D eigenvalue weighted by atomic mass is 16.2. The minimum Gasteiger partial charge on any atom is -0.341 e. The van der Waals surface area contributed by atoms with E-state index in [9.17, 15) is 14.4 Å². The third-order valence-corrected chi connectivity index (χ3v) is 5.19. The second-order valence-electron chi connectivity index (χ2n) is 7.19. The van der Waals surface area contributed by atoms with Gasteiger partial charge < -0.3 is 14.4 Å². The highest BCUT2D eigenvalue weighted by Crippen LogP contribution is 2.23. The molecule has 0 aliphatic carbocycles. The highest BCUT2D eigenvalue weighted by Gasteiger charge is 2.25. The van der Waals surface area contributed by atoms with E-state index in [1.165, 1.54) is 4.90 Å². The van der Waals surface area contributed by atoms with Crippen molar-refractivity contribution < 1.29 is 14.4 Å². The predicted molar refractivity (Wildman–Crippen MR) is 105 cm³/mol. The number of hydrogen-bond donors (Lipinski definition) is 0. The molecule has 0 N–H and O–H groups in total. The van der Waals surface area contributed by atoms with E-state index in [0.29, 0.717) is 17.5 Å². The molecule has 1 aliphatic heterocycles. The van der Waals surface area contributed by atoms with Gasteiger partial charge in [-0.25, -0.2) is 0 Å². The first-order valence-electron chi connectivity index (χ1n) is 9.68. The maximum atomic E-state index is 12.8. The number of nitrogens with zero attached hydrogens (tertiary/aromatic N) is 3. The van der Waals surface area contributed by atoms with Crippen LogP contribution >= 0.6 is 0 Å². The summed E-state index contributed by atoms with van der Waals surface area (Å²) < 4.78 is 1.79. The van der Waals surface area contributed by atoms with Gasteiger partial charge in [-0.15, -0.1) is 0 Å². The van der Waals surface area contributed by atoms with Gasteiger partial charge in [-0.05, 0) is 25.3 Å². The molecule has 1 fully saturated rings. The van der Waals surface area contributed by atoms with Gasteiger partial charge in [0.25, 0.3) is 11.7 Å². The van der Waals surface area contributed by atoms with Crippen LogP contribution in [0.3, 0.4) is 0 Å². The Morgan fingerprint density at radius 3 is 2.52 bits per heavy atom. The largest absolute Gasteiger partial charge is 0.341 e. The molecule has 6 nitrogen and oxygen atoms in total. The predicted octanol–water partition coefficient (Wildman–Crippen LogP) is 2.70. The first kappa shape index (κ1) is 19.1. The molecule has 0 saturated carbocycles. The number of amides is 2. The standard InChI is InChI=1S/C21H27N3O3/c1-3-4-11-22(2)21(27)20(26)17-14-24(18-10-6-5-9-16(17)18)15-19(25)23-12-7-8-13-23/h5-6,9-10,14H,3-4,7-8,11-13,15H2,1-2H3. The number of para-hydroxylation sites is 1. The number of likely N-dealkylation sites (tertiary alicyclic amines) is 1. The van der Waals surface area contributed by atoms with Gasteiger partial charge in [0, 0.05) is 43.8 Å². The van der Waals surface area contributed by atoms with E-state index in [1.807, 2.05) is 36.1 Å². The fraction of sp³-hybridized carbons (Fsp3) is 0.476. The normalized spacial score (nSPS) is 13.9. The molecule has 0 atom stereocenters. The summed E-state index contributed by atoms with van der Waals surface area (Å²) in [5, 5.41) is 0.717. The van der Waals surface area contributed by atoms with Crippen LogP contribution < -0.4 is 0 Å². The smallest absolute Gasteiger partial charge is 0.294 e. The van der Waals surface area contributed by atoms with E-state index >= 15 is 0 Å². The number of aromatic nitrogens is 1. The number of unbranched alkanes of at least 4 members (excludes halogenated alkanes) is 1. The number of benzene rings is 1. The third-order valence-electron chi connectivity index (χ3n) is 5.19. The van der Waals surface area contributed by atoms with Crippen molar-refractivity contribution in [3.05, 3.63) is 36.0 Å². The van der Waals surface area contributed by atoms with E-state index < -0.39 is 11.7 Å². The number of rotatable bonds is 7. The Bertz CT molecular complexity index is 849. The molecule has 0 unspecified atom stereocenters. The molecule has 1 aromatic carbocycles. The number of carbonyl (C=O) groups excluding carboxylic acids is 3. The summed E-state index contributed by atoms with van der Waals surface area (Å²) in [5.41, 5.74) is 1.17. The minimum atomic E-state index is -0.517. The van der Waals surface area contributed by atoms with Gasteiger partial charge in [-0.2, -0.15) is 0 Å². The molecule has 2 aromatic rings. The van der Waals surface area contributed by atoms with Gasteiger partial charge in [-0.3, -0.25) is 14.4 Å². The lowest BCUT2D eigenvalue weighted by Gasteiger charge is -2.16. The van der Waals surface area contributed by atoms with Gasteiger partial charge in [-0.1, -0.05) is 31.5 Å². The van der Waals surface area contributed by atoms with Crippen molar-refractivity contribution in [2.75, 3.05) is 26.7 Å². The van der Waals surface area contributed by atoms with E-state index in [4.69, 9.17) is 0 Å². The van der Waals surface area contributed by atoms with Crippen LogP contribution in [0.4, 0.5) is 0 Å². The molecule has 0 radical (unpaired) electrons. The molecule has 0 bridgehead atoms. The van der Waals surface area contributed by atoms with Crippen molar-refractivity contribution in [3.8, 4) is 0 Å². The third kappa shape index (κ3) is 4.04. The Kier molecular flexibility index (Phi) is 5.94. The Morgan fingerprint density at radius 2 is 1.81 bits per heavy atom. The molecule has 2 amide bonds. The van der Waals surface area contributed by atoms with Gasteiger partial charge in [0.05, 0.1) is 5.56 Å². The van der Waals surface area contributed by atoms with Crippen molar-refractivity contribution in [3.63, 3.8) is 0 Å². The summed E-state index contributed by atoms with van der Waals surface area (Å²) in [4.78, 5) is 41.2. The Balaban J connectivity index is 1.86. The van der Waals surface area contributed by atoms with Crippen LogP contribution in [-0.4, -0.2) is 58.6 Å². The Hall–Kier alpha value is -2.63. The van der Waals surface area contributed by atoms with Crippen LogP contribution in [0.25, 0.3) is 10.9 Å². The van der Waals surface area contributed by atoms with Crippen molar-refractivity contribution >= 4 is 28.5 Å². The summed E-state index contributed by atoms with van der Waals surface area (Å²) in [6.07, 6.45) is 5.57. The lowest BCUT2D eigenvalue weighted by atomic mass is 10.1. The van der Waals surface area contributed by atoms with E-state index in [-0.39, 0.29) is 12.5 Å². The lowest BCUT2D eigenvalue weighted by molar-refractivity contribution is -0.130. The minimum absolute atomic E-state index is 0.0543. The molecule has 3 rings (SSSR count). The van der Waals surface area contributed by atoms with Crippen molar-refractivity contribution in [2.45, 2.75) is 39.2 Å². The summed E-state index contributed by atoms with van der Waals surface area (Å²) in [6.45, 7) is 4.39. The molecule has 2 heterocycles. The SMILES string of the molecule is CCCCN(C)C(=O)C(=O)c1cn(CC(=O)N2CCCC2)c2ccccc12. The zero-order valence-corrected chi connectivity index (χ0v) is 16.1. The number of fused-ring (bicyclic) bond motifs is 1. The van der Waals surface area contributed by atoms with E-state index in [0.717, 1.165) is 44.3 Å². The van der Waals surface area contributed by atoms with Crippen LogP contribution in [0.5, 0.6) is 0 Å². The van der Waals surface area contributed by atoms with Crippen LogP contribution in [-0.2, 0) is 16.1 Å². The second kappa shape index (κ2) is 8.37. The molecule has 0 spiro atoms. The number of hydrogen-bond acceptors (Lipinski definition) is 3. The average Bonchev–Trinajstić information content (AvgIpc) is 3.34. The maximum Gasteiger partial charge on any atom is 0.294 e. The Morgan fingerprint density at radius 1 is 1.11 bits per heavy atom. The van der Waals surface area contributed by atoms with Crippen molar-refractivity contribution in [2.24, 2.45) is 0 Å². The van der Waals surface area contributed by atoms with Crippen LogP contribution in [0, 0.1) is 0 Å². The quantitative estimate of drug-likeness (QED) is 0.557. The van der Waals surface area contributed by atoms with Crippen molar-refractivity contribution in [1.82, 2.24) is 14.4 Å². The van der Waals surface area contributed by atoms with Gasteiger partial charge in [0.2, 0.25) is 5.91 Å². The highest BCUT2D eigenvalue weighted by molar-refractivity contribution is 6.44. The average molecular weight is 369 g/mol. The number of Topliss-reactive ketones (excluding diaryl/α,β-unsaturated/α-hetero) is 1. The molecule has 1 aliphatic rings. The monoisotopic (exact) mass is 369 g/mol. The Labute approximate surface area is 159 Å². The van der Waals surface area contributed by atoms with Gasteiger partial charge in [0.15, 0.2) is 0 Å². The number of likely N-dealkylation sites (N-methyl/N-ethyl adjacent to an activating group) is 1. The molecular formula is C21H27N3O3. The van der Waals surface area contributed by atoms with Gasteiger partial charge >= 0.3 is 0 Å². The molecule has 1 saturated heterocycles. The molecule has 1 aromatic heterocycles. The molecular weight excluding hydrogens is 342 g/mol. The fourth-order valence-electron chi connectivity index (χ4n) is 3.56. The second-order valence-corrected chi connectivity index (χ2v) is 7.19. The van der Waals surface area contributed by atoms with Gasteiger partial charge in [0.1, 0.15) is 6.54 Å². The number of carbonyl (C=O) groups is 3. The summed E-state index contributed by atoms with van der Waals surface area (Å²) in [5.74, 6) is -0.965. The van der Waals surface area contributed by atoms with Crippen LogP contribution in [0.15, 0.2) is 30.5 Å². The topological polar surface area (TPSA) is 62.6 Å². The van der Waals surface area contributed by atoms with E-state index in [2.05, 4.69) is 0 Å². The summed E-state index contributed by atoms with van der Waals surface area (Å²) in [6, 6.07) is 7.44.